The van der Waals surface area contributed by atoms with Crippen LogP contribution in [0.3, 0.4) is 0 Å². The number of urea groups is 1. The van der Waals surface area contributed by atoms with E-state index in [1.54, 1.807) is 0 Å². The zero-order valence-electron chi connectivity index (χ0n) is 9.87. The molecule has 0 aromatic rings. The number of piperidine rings is 1. The van der Waals surface area contributed by atoms with Gasteiger partial charge in [-0.15, -0.1) is 0 Å². The third-order valence-corrected chi connectivity index (χ3v) is 2.99. The first-order valence-electron chi connectivity index (χ1n) is 5.20. The van der Waals surface area contributed by atoms with Crippen molar-refractivity contribution in [3.8, 4) is 0 Å². The standard InChI is InChI=1S/C10H21N3O2/c1-9(2)5-7(12-8(11)14)6-10(3,4)13(9)15/h7,15H,5-6H2,1-4H3,(H3,11,12,14). The Labute approximate surface area is 90.6 Å². The normalized spacial score (nSPS) is 26.2. The molecule has 5 nitrogen and oxygen atoms in total. The molecule has 1 saturated heterocycles. The summed E-state index contributed by atoms with van der Waals surface area (Å²) in [4.78, 5) is 10.8. The van der Waals surface area contributed by atoms with Crippen molar-refractivity contribution in [3.05, 3.63) is 0 Å². The van der Waals surface area contributed by atoms with E-state index in [2.05, 4.69) is 5.32 Å². The zero-order chi connectivity index (χ0) is 11.9. The van der Waals surface area contributed by atoms with E-state index in [-0.39, 0.29) is 17.1 Å². The maximum atomic E-state index is 10.8. The largest absolute Gasteiger partial charge is 0.352 e. The Morgan fingerprint density at radius 3 is 2.07 bits per heavy atom. The average molecular weight is 215 g/mol. The minimum absolute atomic E-state index is 0.0240. The number of primary amides is 1. The quantitative estimate of drug-likeness (QED) is 0.612. The molecule has 2 amide bonds. The third kappa shape index (κ3) is 2.60. The van der Waals surface area contributed by atoms with Crippen molar-refractivity contribution in [2.45, 2.75) is 57.7 Å². The fourth-order valence-corrected chi connectivity index (χ4v) is 2.57. The summed E-state index contributed by atoms with van der Waals surface area (Å²) in [6, 6.07) is -0.478. The first-order valence-corrected chi connectivity index (χ1v) is 5.20. The number of carbonyl (C=O) groups is 1. The molecule has 1 heterocycles. The highest BCUT2D eigenvalue weighted by Gasteiger charge is 2.45. The van der Waals surface area contributed by atoms with Crippen LogP contribution < -0.4 is 11.1 Å². The van der Waals surface area contributed by atoms with E-state index in [0.717, 1.165) is 0 Å². The van der Waals surface area contributed by atoms with Gasteiger partial charge in [0.2, 0.25) is 0 Å². The van der Waals surface area contributed by atoms with Crippen LogP contribution in [0.4, 0.5) is 4.79 Å². The maximum Gasteiger partial charge on any atom is 0.312 e. The second kappa shape index (κ2) is 3.64. The van der Waals surface area contributed by atoms with Gasteiger partial charge in [-0.2, -0.15) is 5.06 Å². The lowest BCUT2D eigenvalue weighted by molar-refractivity contribution is -0.245. The number of rotatable bonds is 1. The second-order valence-corrected chi connectivity index (χ2v) is 5.55. The van der Waals surface area contributed by atoms with Crippen molar-refractivity contribution >= 4 is 6.03 Å². The summed E-state index contributed by atoms with van der Waals surface area (Å²) in [5.74, 6) is 0. The predicted octanol–water partition coefficient (Wildman–Crippen LogP) is 1.07. The van der Waals surface area contributed by atoms with E-state index < -0.39 is 6.03 Å². The first-order chi connectivity index (χ1) is 6.65. The molecule has 0 saturated carbocycles. The Kier molecular flexibility index (Phi) is 2.98. The molecule has 1 rings (SSSR count). The molecular weight excluding hydrogens is 194 g/mol. The summed E-state index contributed by atoms with van der Waals surface area (Å²) >= 11 is 0. The highest BCUT2D eigenvalue weighted by atomic mass is 16.5. The van der Waals surface area contributed by atoms with Crippen molar-refractivity contribution in [2.75, 3.05) is 0 Å². The van der Waals surface area contributed by atoms with Gasteiger partial charge in [-0.1, -0.05) is 0 Å². The van der Waals surface area contributed by atoms with E-state index in [0.29, 0.717) is 12.8 Å². The first kappa shape index (κ1) is 12.3. The van der Waals surface area contributed by atoms with Crippen LogP contribution in [0.2, 0.25) is 0 Å². The fourth-order valence-electron chi connectivity index (χ4n) is 2.57. The molecule has 4 N–H and O–H groups in total. The summed E-state index contributed by atoms with van der Waals surface area (Å²) in [6.07, 6.45) is 1.38. The van der Waals surface area contributed by atoms with Crippen LogP contribution in [0.1, 0.15) is 40.5 Å². The van der Waals surface area contributed by atoms with Crippen LogP contribution in [0.15, 0.2) is 0 Å². The predicted molar refractivity (Wildman–Crippen MR) is 57.5 cm³/mol. The van der Waals surface area contributed by atoms with Gasteiger partial charge in [0.1, 0.15) is 0 Å². The third-order valence-electron chi connectivity index (χ3n) is 2.99. The van der Waals surface area contributed by atoms with Gasteiger partial charge in [0.15, 0.2) is 0 Å². The maximum absolute atomic E-state index is 10.8. The molecule has 0 radical (unpaired) electrons. The van der Waals surface area contributed by atoms with Gasteiger partial charge in [-0.25, -0.2) is 4.79 Å². The minimum Gasteiger partial charge on any atom is -0.352 e. The van der Waals surface area contributed by atoms with E-state index in [1.165, 1.54) is 5.06 Å². The molecule has 0 spiro atoms. The van der Waals surface area contributed by atoms with E-state index in [9.17, 15) is 10.0 Å². The smallest absolute Gasteiger partial charge is 0.312 e. The molecule has 1 fully saturated rings. The average Bonchev–Trinajstić information content (AvgIpc) is 1.97. The molecule has 0 bridgehead atoms. The van der Waals surface area contributed by atoms with Gasteiger partial charge in [-0.05, 0) is 40.5 Å². The van der Waals surface area contributed by atoms with Gasteiger partial charge < -0.3 is 16.3 Å². The monoisotopic (exact) mass is 215 g/mol. The summed E-state index contributed by atoms with van der Waals surface area (Å²) in [5, 5.41) is 14.1. The van der Waals surface area contributed by atoms with Gasteiger partial charge >= 0.3 is 6.03 Å². The number of hydroxylamine groups is 2. The number of nitrogens with one attached hydrogen (secondary N) is 1. The van der Waals surface area contributed by atoms with Crippen LogP contribution in [0.25, 0.3) is 0 Å². The van der Waals surface area contributed by atoms with Gasteiger partial charge in [0, 0.05) is 17.1 Å². The molecule has 0 aliphatic carbocycles. The SMILES string of the molecule is CC1(C)CC(NC(N)=O)CC(C)(C)N1O. The molecular formula is C10H21N3O2. The van der Waals surface area contributed by atoms with Crippen molar-refractivity contribution in [1.29, 1.82) is 0 Å². The Bertz CT molecular complexity index is 245. The van der Waals surface area contributed by atoms with Crippen LogP contribution in [-0.4, -0.2) is 33.4 Å². The van der Waals surface area contributed by atoms with Crippen LogP contribution in [0.5, 0.6) is 0 Å². The van der Waals surface area contributed by atoms with Gasteiger partial charge in [-0.3, -0.25) is 0 Å². The molecule has 88 valence electrons. The minimum atomic E-state index is -0.502. The van der Waals surface area contributed by atoms with Crippen molar-refractivity contribution in [2.24, 2.45) is 5.73 Å². The molecule has 0 unspecified atom stereocenters. The Morgan fingerprint density at radius 2 is 1.73 bits per heavy atom. The molecule has 0 aromatic carbocycles. The fraction of sp³-hybridized carbons (Fsp3) is 0.900. The number of nitrogens with zero attached hydrogens (tertiary/aromatic N) is 1. The highest BCUT2D eigenvalue weighted by Crippen LogP contribution is 2.36. The number of carbonyl (C=O) groups excluding carboxylic acids is 1. The second-order valence-electron chi connectivity index (χ2n) is 5.55. The molecule has 0 aromatic heterocycles. The summed E-state index contributed by atoms with van der Waals surface area (Å²) < 4.78 is 0. The molecule has 15 heavy (non-hydrogen) atoms. The topological polar surface area (TPSA) is 78.6 Å². The van der Waals surface area contributed by atoms with Gasteiger partial charge in [0.05, 0.1) is 0 Å². The number of hydrogen-bond donors (Lipinski definition) is 3. The Balaban J connectivity index is 2.79. The van der Waals surface area contributed by atoms with E-state index in [1.807, 2.05) is 27.7 Å². The number of amides is 2. The van der Waals surface area contributed by atoms with Crippen LogP contribution >= 0.6 is 0 Å². The number of nitrogens with two attached hydrogens (primary N) is 1. The van der Waals surface area contributed by atoms with Crippen LogP contribution in [0, 0.1) is 0 Å². The van der Waals surface area contributed by atoms with Crippen molar-refractivity contribution < 1.29 is 10.0 Å². The Morgan fingerprint density at radius 1 is 1.33 bits per heavy atom. The van der Waals surface area contributed by atoms with Crippen LogP contribution in [-0.2, 0) is 0 Å². The lowest BCUT2D eigenvalue weighted by Crippen LogP contribution is -2.63. The van der Waals surface area contributed by atoms with Gasteiger partial charge in [0.25, 0.3) is 0 Å². The van der Waals surface area contributed by atoms with E-state index in [4.69, 9.17) is 5.73 Å². The Hall–Kier alpha value is -0.810. The lowest BCUT2D eigenvalue weighted by Gasteiger charge is -2.51. The summed E-state index contributed by atoms with van der Waals surface area (Å²) in [5.41, 5.74) is 4.40. The van der Waals surface area contributed by atoms with Crippen molar-refractivity contribution in [1.82, 2.24) is 10.4 Å². The summed E-state index contributed by atoms with van der Waals surface area (Å²) in [7, 11) is 0. The molecule has 1 aliphatic rings. The van der Waals surface area contributed by atoms with E-state index >= 15 is 0 Å². The molecule has 1 aliphatic heterocycles. The zero-order valence-corrected chi connectivity index (χ0v) is 9.87. The summed E-state index contributed by atoms with van der Waals surface area (Å²) in [6.45, 7) is 7.79. The molecule has 0 atom stereocenters. The molecule has 5 heteroatoms. The number of hydrogen-bond acceptors (Lipinski definition) is 3. The highest BCUT2D eigenvalue weighted by molar-refractivity contribution is 5.72. The van der Waals surface area contributed by atoms with Crippen molar-refractivity contribution in [3.63, 3.8) is 0 Å². The lowest BCUT2D eigenvalue weighted by atomic mass is 9.79.